The second-order valence-electron chi connectivity index (χ2n) is 4.19. The van der Waals surface area contributed by atoms with Crippen LogP contribution in [0.2, 0.25) is 0 Å². The summed E-state index contributed by atoms with van der Waals surface area (Å²) >= 11 is 2.02. The van der Waals surface area contributed by atoms with E-state index in [0.29, 0.717) is 11.3 Å². The maximum absolute atomic E-state index is 5.75. The first-order chi connectivity index (χ1) is 8.83. The summed E-state index contributed by atoms with van der Waals surface area (Å²) in [5.41, 5.74) is 7.29. The van der Waals surface area contributed by atoms with E-state index in [4.69, 9.17) is 5.73 Å². The third kappa shape index (κ3) is 3.13. The Kier molecular flexibility index (Phi) is 4.81. The molecule has 0 aliphatic rings. The number of aromatic nitrogens is 4. The van der Waals surface area contributed by atoms with Crippen molar-refractivity contribution >= 4 is 28.7 Å². The van der Waals surface area contributed by atoms with Gasteiger partial charge < -0.3 is 10.3 Å². The Balaban J connectivity index is 1.86. The predicted molar refractivity (Wildman–Crippen MR) is 76.6 cm³/mol. The maximum atomic E-state index is 5.75. The highest BCUT2D eigenvalue weighted by Crippen LogP contribution is 2.15. The van der Waals surface area contributed by atoms with Crippen molar-refractivity contribution in [1.82, 2.24) is 19.5 Å². The molecule has 0 radical (unpaired) electrons. The molecule has 2 aromatic rings. The summed E-state index contributed by atoms with van der Waals surface area (Å²) in [5.74, 6) is 2.90. The normalized spacial score (nSPS) is 11.2. The smallest absolute Gasteiger partial charge is 0.165 e. The molecule has 0 fully saturated rings. The zero-order chi connectivity index (χ0) is 12.8. The third-order valence-electron chi connectivity index (χ3n) is 2.76. The largest absolute Gasteiger partial charge is 0.382 e. The predicted octanol–water partition coefficient (Wildman–Crippen LogP) is 2.33. The van der Waals surface area contributed by atoms with Crippen LogP contribution in [0.3, 0.4) is 0 Å². The first-order valence-electron chi connectivity index (χ1n) is 6.32. The van der Waals surface area contributed by atoms with Gasteiger partial charge in [0, 0.05) is 6.54 Å². The van der Waals surface area contributed by atoms with Crippen LogP contribution in [0.15, 0.2) is 12.7 Å². The van der Waals surface area contributed by atoms with Crippen molar-refractivity contribution < 1.29 is 0 Å². The molecule has 0 saturated heterocycles. The average molecular weight is 265 g/mol. The first-order valence-corrected chi connectivity index (χ1v) is 7.47. The molecule has 0 spiro atoms. The SMILES string of the molecule is CCCCSCCCn1cnc2c(N)ncnc21. The molecule has 18 heavy (non-hydrogen) atoms. The van der Waals surface area contributed by atoms with Crippen molar-refractivity contribution in [2.24, 2.45) is 0 Å². The number of unbranched alkanes of at least 4 members (excludes halogenated alkanes) is 1. The number of hydrogen-bond donors (Lipinski definition) is 1. The van der Waals surface area contributed by atoms with Gasteiger partial charge in [-0.3, -0.25) is 0 Å². The Morgan fingerprint density at radius 3 is 2.89 bits per heavy atom. The van der Waals surface area contributed by atoms with E-state index in [1.165, 1.54) is 30.7 Å². The number of thioether (sulfide) groups is 1. The van der Waals surface area contributed by atoms with Gasteiger partial charge in [-0.2, -0.15) is 11.8 Å². The summed E-state index contributed by atoms with van der Waals surface area (Å²) in [6.07, 6.45) is 7.00. The number of rotatable bonds is 7. The van der Waals surface area contributed by atoms with Crippen LogP contribution in [0.5, 0.6) is 0 Å². The van der Waals surface area contributed by atoms with Crippen molar-refractivity contribution in [1.29, 1.82) is 0 Å². The molecule has 0 bridgehead atoms. The maximum Gasteiger partial charge on any atom is 0.165 e. The van der Waals surface area contributed by atoms with Gasteiger partial charge in [0.25, 0.3) is 0 Å². The van der Waals surface area contributed by atoms with Crippen LogP contribution in [0.1, 0.15) is 26.2 Å². The molecule has 98 valence electrons. The monoisotopic (exact) mass is 265 g/mol. The lowest BCUT2D eigenvalue weighted by Gasteiger charge is -2.03. The molecular weight excluding hydrogens is 246 g/mol. The van der Waals surface area contributed by atoms with Crippen LogP contribution in [-0.2, 0) is 6.54 Å². The van der Waals surface area contributed by atoms with E-state index in [1.807, 2.05) is 16.3 Å². The number of nitrogens with zero attached hydrogens (tertiary/aromatic N) is 4. The fourth-order valence-electron chi connectivity index (χ4n) is 1.75. The molecule has 0 unspecified atom stereocenters. The minimum atomic E-state index is 0.455. The second kappa shape index (κ2) is 6.58. The quantitative estimate of drug-likeness (QED) is 0.778. The minimum absolute atomic E-state index is 0.455. The van der Waals surface area contributed by atoms with Crippen molar-refractivity contribution in [3.8, 4) is 0 Å². The van der Waals surface area contributed by atoms with E-state index < -0.39 is 0 Å². The lowest BCUT2D eigenvalue weighted by molar-refractivity contribution is 0.696. The van der Waals surface area contributed by atoms with E-state index in [9.17, 15) is 0 Å². The number of imidazole rings is 1. The van der Waals surface area contributed by atoms with Crippen molar-refractivity contribution in [2.75, 3.05) is 17.2 Å². The number of anilines is 1. The summed E-state index contributed by atoms with van der Waals surface area (Å²) in [6.45, 7) is 3.16. The molecule has 0 amide bonds. The van der Waals surface area contributed by atoms with E-state index in [1.54, 1.807) is 6.33 Å². The van der Waals surface area contributed by atoms with Crippen LogP contribution >= 0.6 is 11.8 Å². The first kappa shape index (κ1) is 13.1. The molecule has 0 saturated carbocycles. The summed E-state index contributed by atoms with van der Waals surface area (Å²) < 4.78 is 2.05. The van der Waals surface area contributed by atoms with Gasteiger partial charge in [0.1, 0.15) is 11.8 Å². The van der Waals surface area contributed by atoms with Crippen LogP contribution in [0.25, 0.3) is 11.2 Å². The standard InChI is InChI=1S/C12H19N5S/c1-2-3-6-18-7-4-5-17-9-16-10-11(13)14-8-15-12(10)17/h8-9H,2-7H2,1H3,(H2,13,14,15). The van der Waals surface area contributed by atoms with Crippen LogP contribution in [0, 0.1) is 0 Å². The summed E-state index contributed by atoms with van der Waals surface area (Å²) in [4.78, 5) is 12.4. The van der Waals surface area contributed by atoms with E-state index in [0.717, 1.165) is 18.6 Å². The number of hydrogen-bond acceptors (Lipinski definition) is 5. The fraction of sp³-hybridized carbons (Fsp3) is 0.583. The topological polar surface area (TPSA) is 69.6 Å². The highest BCUT2D eigenvalue weighted by Gasteiger charge is 2.06. The molecule has 2 aromatic heterocycles. The Bertz CT molecular complexity index is 496. The van der Waals surface area contributed by atoms with Crippen molar-refractivity contribution in [3.63, 3.8) is 0 Å². The third-order valence-corrected chi connectivity index (χ3v) is 3.91. The number of fused-ring (bicyclic) bond motifs is 1. The minimum Gasteiger partial charge on any atom is -0.382 e. The van der Waals surface area contributed by atoms with Crippen molar-refractivity contribution in [2.45, 2.75) is 32.7 Å². The second-order valence-corrected chi connectivity index (χ2v) is 5.41. The van der Waals surface area contributed by atoms with Gasteiger partial charge >= 0.3 is 0 Å². The van der Waals surface area contributed by atoms with E-state index in [-0.39, 0.29) is 0 Å². The van der Waals surface area contributed by atoms with E-state index in [2.05, 4.69) is 21.9 Å². The molecule has 0 atom stereocenters. The number of aryl methyl sites for hydroxylation is 1. The molecule has 0 aliphatic heterocycles. The highest BCUT2D eigenvalue weighted by molar-refractivity contribution is 7.99. The zero-order valence-corrected chi connectivity index (χ0v) is 11.5. The molecule has 2 rings (SSSR count). The Morgan fingerprint density at radius 2 is 2.06 bits per heavy atom. The molecule has 0 aromatic carbocycles. The molecule has 2 N–H and O–H groups in total. The van der Waals surface area contributed by atoms with Crippen LogP contribution < -0.4 is 5.73 Å². The van der Waals surface area contributed by atoms with Gasteiger partial charge in [-0.05, 0) is 24.3 Å². The summed E-state index contributed by atoms with van der Waals surface area (Å²) in [7, 11) is 0. The Labute approximate surface area is 111 Å². The molecule has 0 aliphatic carbocycles. The lowest BCUT2D eigenvalue weighted by atomic mass is 10.4. The van der Waals surface area contributed by atoms with E-state index >= 15 is 0 Å². The Morgan fingerprint density at radius 1 is 1.22 bits per heavy atom. The van der Waals surface area contributed by atoms with Gasteiger partial charge in [0.15, 0.2) is 11.5 Å². The van der Waals surface area contributed by atoms with Gasteiger partial charge in [-0.1, -0.05) is 13.3 Å². The average Bonchev–Trinajstić information content (AvgIpc) is 2.79. The van der Waals surface area contributed by atoms with Crippen LogP contribution in [0.4, 0.5) is 5.82 Å². The molecule has 5 nitrogen and oxygen atoms in total. The highest BCUT2D eigenvalue weighted by atomic mass is 32.2. The lowest BCUT2D eigenvalue weighted by Crippen LogP contribution is -2.00. The van der Waals surface area contributed by atoms with Crippen LogP contribution in [-0.4, -0.2) is 31.0 Å². The summed E-state index contributed by atoms with van der Waals surface area (Å²) in [5, 5.41) is 0. The summed E-state index contributed by atoms with van der Waals surface area (Å²) in [6, 6.07) is 0. The molecule has 6 heteroatoms. The zero-order valence-electron chi connectivity index (χ0n) is 10.7. The number of nitrogen functional groups attached to an aromatic ring is 1. The Hall–Kier alpha value is -1.30. The molecule has 2 heterocycles. The van der Waals surface area contributed by atoms with Gasteiger partial charge in [0.2, 0.25) is 0 Å². The van der Waals surface area contributed by atoms with Gasteiger partial charge in [-0.25, -0.2) is 15.0 Å². The van der Waals surface area contributed by atoms with Crippen molar-refractivity contribution in [3.05, 3.63) is 12.7 Å². The number of nitrogens with two attached hydrogens (primary N) is 1. The van der Waals surface area contributed by atoms with Gasteiger partial charge in [-0.15, -0.1) is 0 Å². The molecular formula is C12H19N5S. The van der Waals surface area contributed by atoms with Gasteiger partial charge in [0.05, 0.1) is 6.33 Å². The fourth-order valence-corrected chi connectivity index (χ4v) is 2.78.